The normalized spacial score (nSPS) is 12.5. The van der Waals surface area contributed by atoms with Crippen LogP contribution in [-0.2, 0) is 28.6 Å². The van der Waals surface area contributed by atoms with E-state index >= 15 is 0 Å². The van der Waals surface area contributed by atoms with Crippen LogP contribution in [0.5, 0.6) is 0 Å². The first kappa shape index (κ1) is 65.1. The van der Waals surface area contributed by atoms with Crippen LogP contribution in [0.1, 0.15) is 297 Å². The van der Waals surface area contributed by atoms with Gasteiger partial charge in [-0.1, -0.05) is 274 Å². The summed E-state index contributed by atoms with van der Waals surface area (Å²) in [6, 6.07) is 0. The zero-order chi connectivity index (χ0) is 49.3. The zero-order valence-electron chi connectivity index (χ0n) is 45.1. The van der Waals surface area contributed by atoms with Crippen LogP contribution in [0.4, 0.5) is 0 Å². The zero-order valence-corrected chi connectivity index (χ0v) is 45.1. The minimum absolute atomic E-state index is 0.0706. The van der Waals surface area contributed by atoms with E-state index in [-0.39, 0.29) is 31.1 Å². The number of rotatable bonds is 53. The van der Waals surface area contributed by atoms with Gasteiger partial charge in [0.2, 0.25) is 0 Å². The van der Waals surface area contributed by atoms with Crippen LogP contribution < -0.4 is 0 Å². The summed E-state index contributed by atoms with van der Waals surface area (Å²) in [6.45, 7) is 6.52. The second-order valence-corrected chi connectivity index (χ2v) is 19.5. The van der Waals surface area contributed by atoms with Gasteiger partial charge in [0.15, 0.2) is 6.10 Å². The summed E-state index contributed by atoms with van der Waals surface area (Å²) >= 11 is 0. The summed E-state index contributed by atoms with van der Waals surface area (Å²) in [5.74, 6) is -0.865. The Morgan fingerprint density at radius 1 is 0.309 bits per heavy atom. The van der Waals surface area contributed by atoms with Crippen LogP contribution in [0.2, 0.25) is 0 Å². The Bertz CT molecular complexity index is 1230. The second kappa shape index (κ2) is 56.7. The van der Waals surface area contributed by atoms with E-state index in [0.29, 0.717) is 19.3 Å². The number of carbonyl (C=O) groups excluding carboxylic acids is 3. The van der Waals surface area contributed by atoms with Gasteiger partial charge in [-0.15, -0.1) is 0 Å². The molecule has 1 atom stereocenters. The molecule has 0 aromatic rings. The van der Waals surface area contributed by atoms with Crippen molar-refractivity contribution in [1.29, 1.82) is 0 Å². The molecular formula is C62H110O6. The Kier molecular flexibility index (Phi) is 54.3. The van der Waals surface area contributed by atoms with Crippen LogP contribution in [0.25, 0.3) is 0 Å². The highest BCUT2D eigenvalue weighted by atomic mass is 16.6. The molecule has 0 rings (SSSR count). The van der Waals surface area contributed by atoms with E-state index in [9.17, 15) is 14.4 Å². The Hall–Kier alpha value is -2.89. The second-order valence-electron chi connectivity index (χ2n) is 19.5. The Morgan fingerprint density at radius 2 is 0.574 bits per heavy atom. The molecule has 0 aliphatic rings. The molecule has 0 heterocycles. The highest BCUT2D eigenvalue weighted by Crippen LogP contribution is 2.16. The van der Waals surface area contributed by atoms with Crippen molar-refractivity contribution in [3.8, 4) is 0 Å². The molecule has 0 radical (unpaired) electrons. The van der Waals surface area contributed by atoms with Crippen LogP contribution in [0.15, 0.2) is 60.8 Å². The van der Waals surface area contributed by atoms with Gasteiger partial charge in [-0.3, -0.25) is 14.4 Å². The van der Waals surface area contributed by atoms with Gasteiger partial charge in [0, 0.05) is 19.3 Å². The van der Waals surface area contributed by atoms with Gasteiger partial charge in [-0.25, -0.2) is 0 Å². The van der Waals surface area contributed by atoms with E-state index in [1.165, 1.54) is 167 Å². The molecule has 0 saturated heterocycles. The molecule has 0 bridgehead atoms. The van der Waals surface area contributed by atoms with Crippen molar-refractivity contribution in [2.75, 3.05) is 13.2 Å². The average Bonchev–Trinajstić information content (AvgIpc) is 3.34. The maximum atomic E-state index is 12.8. The van der Waals surface area contributed by atoms with Crippen molar-refractivity contribution in [2.45, 2.75) is 303 Å². The molecule has 68 heavy (non-hydrogen) atoms. The number of carbonyl (C=O) groups is 3. The predicted molar refractivity (Wildman–Crippen MR) is 293 cm³/mol. The predicted octanol–water partition coefficient (Wildman–Crippen LogP) is 19.6. The van der Waals surface area contributed by atoms with Crippen LogP contribution in [-0.4, -0.2) is 37.2 Å². The van der Waals surface area contributed by atoms with E-state index in [2.05, 4.69) is 81.5 Å². The maximum Gasteiger partial charge on any atom is 0.306 e. The average molecular weight is 952 g/mol. The van der Waals surface area contributed by atoms with Crippen molar-refractivity contribution in [1.82, 2.24) is 0 Å². The molecule has 0 saturated carbocycles. The first-order valence-electron chi connectivity index (χ1n) is 29.3. The third kappa shape index (κ3) is 54.1. The maximum absolute atomic E-state index is 12.8. The van der Waals surface area contributed by atoms with Crippen molar-refractivity contribution in [2.24, 2.45) is 0 Å². The minimum Gasteiger partial charge on any atom is -0.462 e. The summed E-state index contributed by atoms with van der Waals surface area (Å²) in [7, 11) is 0. The summed E-state index contributed by atoms with van der Waals surface area (Å²) < 4.78 is 16.8. The van der Waals surface area contributed by atoms with Crippen LogP contribution >= 0.6 is 0 Å². The van der Waals surface area contributed by atoms with Gasteiger partial charge in [0.25, 0.3) is 0 Å². The van der Waals surface area contributed by atoms with Crippen molar-refractivity contribution < 1.29 is 28.6 Å². The first-order chi connectivity index (χ1) is 33.5. The highest BCUT2D eigenvalue weighted by molar-refractivity contribution is 5.71. The largest absolute Gasteiger partial charge is 0.462 e. The highest BCUT2D eigenvalue weighted by Gasteiger charge is 2.19. The molecule has 0 fully saturated rings. The monoisotopic (exact) mass is 951 g/mol. The number of hydrogen-bond donors (Lipinski definition) is 0. The summed E-state index contributed by atoms with van der Waals surface area (Å²) in [4.78, 5) is 38.0. The molecule has 394 valence electrons. The van der Waals surface area contributed by atoms with Crippen molar-refractivity contribution >= 4 is 17.9 Å². The third-order valence-corrected chi connectivity index (χ3v) is 12.8. The lowest BCUT2D eigenvalue weighted by atomic mass is 10.0. The molecule has 0 spiro atoms. The molecule has 0 aliphatic heterocycles. The first-order valence-corrected chi connectivity index (χ1v) is 29.3. The molecule has 0 aliphatic carbocycles. The Morgan fingerprint density at radius 3 is 0.897 bits per heavy atom. The van der Waals surface area contributed by atoms with Gasteiger partial charge >= 0.3 is 17.9 Å². The van der Waals surface area contributed by atoms with E-state index < -0.39 is 6.10 Å². The fourth-order valence-electron chi connectivity index (χ4n) is 8.41. The fraction of sp³-hybridized carbons (Fsp3) is 0.790. The van der Waals surface area contributed by atoms with Gasteiger partial charge in [0.05, 0.1) is 0 Å². The Balaban J connectivity index is 4.15. The third-order valence-electron chi connectivity index (χ3n) is 12.8. The summed E-state index contributed by atoms with van der Waals surface area (Å²) in [5, 5.41) is 0. The number of allylic oxidation sites excluding steroid dienone is 10. The molecule has 0 aromatic heterocycles. The molecule has 0 aromatic carbocycles. The summed E-state index contributed by atoms with van der Waals surface area (Å²) in [5.41, 5.74) is 0. The van der Waals surface area contributed by atoms with Gasteiger partial charge < -0.3 is 14.2 Å². The minimum atomic E-state index is -0.769. The van der Waals surface area contributed by atoms with E-state index in [1.807, 2.05) is 0 Å². The van der Waals surface area contributed by atoms with E-state index in [0.717, 1.165) is 89.9 Å². The van der Waals surface area contributed by atoms with E-state index in [4.69, 9.17) is 14.2 Å². The van der Waals surface area contributed by atoms with Gasteiger partial charge in [-0.2, -0.15) is 0 Å². The topological polar surface area (TPSA) is 78.9 Å². The lowest BCUT2D eigenvalue weighted by molar-refractivity contribution is -0.167. The lowest BCUT2D eigenvalue weighted by Crippen LogP contribution is -2.30. The van der Waals surface area contributed by atoms with Crippen molar-refractivity contribution in [3.05, 3.63) is 60.8 Å². The molecule has 0 N–H and O–H groups in total. The van der Waals surface area contributed by atoms with Crippen LogP contribution in [0.3, 0.4) is 0 Å². The molecule has 1 unspecified atom stereocenters. The number of hydrogen-bond acceptors (Lipinski definition) is 6. The molecule has 6 heteroatoms. The van der Waals surface area contributed by atoms with Gasteiger partial charge in [-0.05, 0) is 64.2 Å². The van der Waals surface area contributed by atoms with Crippen molar-refractivity contribution in [3.63, 3.8) is 0 Å². The SMILES string of the molecule is CC/C=C\C/C=C\C/C=C\C/C=C\C/C=C\CCCCCCCCCCCCCC(=O)OCC(COC(=O)CCCCCCCCCC)OC(=O)CCCCCCCCCCCCCCCCC. The van der Waals surface area contributed by atoms with Crippen LogP contribution in [0, 0.1) is 0 Å². The van der Waals surface area contributed by atoms with Gasteiger partial charge in [0.1, 0.15) is 13.2 Å². The molecule has 6 nitrogen and oxygen atoms in total. The smallest absolute Gasteiger partial charge is 0.306 e. The quantitative estimate of drug-likeness (QED) is 0.0262. The number of ether oxygens (including phenoxy) is 3. The Labute approximate surface area is 421 Å². The summed E-state index contributed by atoms with van der Waals surface area (Å²) in [6.07, 6.45) is 70.9. The molecular weight excluding hydrogens is 841 g/mol. The number of esters is 3. The standard InChI is InChI=1S/C62H110O6/c1-4-7-10-13-16-19-21-23-25-26-27-28-29-30-31-32-33-34-35-36-38-39-41-43-46-49-52-55-61(64)67-58-59(57-66-60(63)54-51-48-45-18-15-12-9-6-3)68-62(65)56-53-50-47-44-42-40-37-24-22-20-17-14-11-8-5-2/h7,10,16,19,23,25,27-28,30-31,59H,4-6,8-9,11-15,17-18,20-22,24,26,29,32-58H2,1-3H3/b10-7-,19-16-,25-23-,28-27-,31-30-. The number of unbranched alkanes of at least 4 members (excludes halogenated alkanes) is 32. The lowest BCUT2D eigenvalue weighted by Gasteiger charge is -2.18. The van der Waals surface area contributed by atoms with E-state index in [1.54, 1.807) is 0 Å². The fourth-order valence-corrected chi connectivity index (χ4v) is 8.41. The molecule has 0 amide bonds.